The van der Waals surface area contributed by atoms with Crippen molar-refractivity contribution in [1.29, 1.82) is 0 Å². The van der Waals surface area contributed by atoms with Crippen LogP contribution in [0.2, 0.25) is 0 Å². The van der Waals surface area contributed by atoms with E-state index in [9.17, 15) is 4.79 Å². The molecule has 20 heavy (non-hydrogen) atoms. The van der Waals surface area contributed by atoms with Gasteiger partial charge in [-0.2, -0.15) is 5.10 Å². The molecule has 0 saturated carbocycles. The predicted octanol–water partition coefficient (Wildman–Crippen LogP) is 1.63. The number of anilines is 1. The first kappa shape index (κ1) is 14.6. The van der Waals surface area contributed by atoms with Crippen LogP contribution in [0.4, 0.5) is 10.6 Å². The van der Waals surface area contributed by atoms with Crippen molar-refractivity contribution in [3.63, 3.8) is 0 Å². The summed E-state index contributed by atoms with van der Waals surface area (Å²) >= 11 is 0. The van der Waals surface area contributed by atoms with Gasteiger partial charge in [-0.15, -0.1) is 0 Å². The van der Waals surface area contributed by atoms with Crippen molar-refractivity contribution in [2.75, 3.05) is 39.0 Å². The summed E-state index contributed by atoms with van der Waals surface area (Å²) in [6, 6.07) is 1.76. The lowest BCUT2D eigenvalue weighted by molar-refractivity contribution is 0.214. The molecule has 0 unspecified atom stereocenters. The minimum atomic E-state index is -0.0738. The van der Waals surface area contributed by atoms with Crippen molar-refractivity contribution >= 4 is 11.8 Å². The van der Waals surface area contributed by atoms with Crippen LogP contribution in [-0.2, 0) is 6.54 Å². The van der Waals surface area contributed by atoms with Crippen LogP contribution in [-0.4, -0.2) is 59.3 Å². The van der Waals surface area contributed by atoms with Gasteiger partial charge in [0.05, 0.1) is 6.54 Å². The van der Waals surface area contributed by atoms with Gasteiger partial charge in [0, 0.05) is 31.9 Å². The summed E-state index contributed by atoms with van der Waals surface area (Å²) in [5, 5.41) is 7.21. The highest BCUT2D eigenvalue weighted by Crippen LogP contribution is 2.11. The normalized spacial score (nSPS) is 15.4. The lowest BCUT2D eigenvalue weighted by atomic mass is 10.1. The Hall–Kier alpha value is -1.82. The lowest BCUT2D eigenvalue weighted by Crippen LogP contribution is -2.38. The van der Waals surface area contributed by atoms with E-state index in [1.807, 2.05) is 35.9 Å². The van der Waals surface area contributed by atoms with E-state index in [-0.39, 0.29) is 6.03 Å². The number of nitrogens with one attached hydrogen (secondary N) is 1. The highest BCUT2D eigenvalue weighted by atomic mass is 16.2. The SMILES string of the molecule is CC1=CCCN(C(=O)Nc2ccn(CCN(C)C)n2)C1. The molecule has 0 saturated heterocycles. The summed E-state index contributed by atoms with van der Waals surface area (Å²) in [4.78, 5) is 16.0. The molecular weight excluding hydrogens is 254 g/mol. The van der Waals surface area contributed by atoms with E-state index in [0.29, 0.717) is 12.4 Å². The Morgan fingerprint density at radius 2 is 2.30 bits per heavy atom. The highest BCUT2D eigenvalue weighted by Gasteiger charge is 2.17. The molecule has 2 rings (SSSR count). The average molecular weight is 277 g/mol. The maximum Gasteiger partial charge on any atom is 0.323 e. The quantitative estimate of drug-likeness (QED) is 0.851. The first-order valence-electron chi connectivity index (χ1n) is 6.94. The molecule has 0 atom stereocenters. The third-order valence-electron chi connectivity index (χ3n) is 3.27. The van der Waals surface area contributed by atoms with Crippen LogP contribution >= 0.6 is 0 Å². The van der Waals surface area contributed by atoms with E-state index in [1.54, 1.807) is 0 Å². The van der Waals surface area contributed by atoms with Gasteiger partial charge >= 0.3 is 6.03 Å². The molecule has 0 aromatic carbocycles. The van der Waals surface area contributed by atoms with Crippen LogP contribution in [0.1, 0.15) is 13.3 Å². The number of hydrogen-bond acceptors (Lipinski definition) is 3. The number of urea groups is 1. The van der Waals surface area contributed by atoms with E-state index < -0.39 is 0 Å². The topological polar surface area (TPSA) is 53.4 Å². The van der Waals surface area contributed by atoms with Gasteiger partial charge in [-0.3, -0.25) is 10.00 Å². The van der Waals surface area contributed by atoms with Gasteiger partial charge in [0.2, 0.25) is 0 Å². The van der Waals surface area contributed by atoms with Gasteiger partial charge in [-0.1, -0.05) is 11.6 Å². The fraction of sp³-hybridized carbons (Fsp3) is 0.571. The van der Waals surface area contributed by atoms with E-state index in [1.165, 1.54) is 5.57 Å². The summed E-state index contributed by atoms with van der Waals surface area (Å²) in [5.74, 6) is 0.612. The number of likely N-dealkylation sites (N-methyl/N-ethyl adjacent to an activating group) is 1. The summed E-state index contributed by atoms with van der Waals surface area (Å²) in [6.45, 7) is 5.26. The van der Waals surface area contributed by atoms with Crippen LogP contribution < -0.4 is 5.32 Å². The maximum absolute atomic E-state index is 12.1. The Morgan fingerprint density at radius 3 is 3.00 bits per heavy atom. The van der Waals surface area contributed by atoms with Crippen molar-refractivity contribution in [3.8, 4) is 0 Å². The van der Waals surface area contributed by atoms with Crippen LogP contribution in [0.5, 0.6) is 0 Å². The Kier molecular flexibility index (Phi) is 4.79. The predicted molar refractivity (Wildman–Crippen MR) is 79.7 cm³/mol. The largest absolute Gasteiger partial charge is 0.323 e. The van der Waals surface area contributed by atoms with E-state index in [2.05, 4.69) is 28.3 Å². The van der Waals surface area contributed by atoms with E-state index >= 15 is 0 Å². The number of aromatic nitrogens is 2. The first-order chi connectivity index (χ1) is 9.54. The number of amides is 2. The second-order valence-corrected chi connectivity index (χ2v) is 5.46. The molecule has 0 bridgehead atoms. The molecule has 110 valence electrons. The number of carbonyl (C=O) groups is 1. The average Bonchev–Trinajstić information content (AvgIpc) is 2.84. The van der Waals surface area contributed by atoms with Crippen LogP contribution in [0.25, 0.3) is 0 Å². The maximum atomic E-state index is 12.1. The zero-order valence-corrected chi connectivity index (χ0v) is 12.5. The molecule has 1 aliphatic rings. The van der Waals surface area contributed by atoms with Crippen molar-refractivity contribution in [3.05, 3.63) is 23.9 Å². The second kappa shape index (κ2) is 6.56. The monoisotopic (exact) mass is 277 g/mol. The molecule has 0 spiro atoms. The molecule has 1 aromatic heterocycles. The first-order valence-corrected chi connectivity index (χ1v) is 6.94. The molecule has 2 heterocycles. The van der Waals surface area contributed by atoms with Crippen molar-refractivity contribution in [2.45, 2.75) is 19.9 Å². The molecule has 6 heteroatoms. The van der Waals surface area contributed by atoms with Crippen molar-refractivity contribution in [1.82, 2.24) is 19.6 Å². The summed E-state index contributed by atoms with van der Waals surface area (Å²) in [5.41, 5.74) is 1.24. The van der Waals surface area contributed by atoms with Gasteiger partial charge in [0.15, 0.2) is 5.82 Å². The molecule has 6 nitrogen and oxygen atoms in total. The number of rotatable bonds is 4. The Labute approximate surface area is 120 Å². The smallest absolute Gasteiger partial charge is 0.320 e. The summed E-state index contributed by atoms with van der Waals surface area (Å²) < 4.78 is 1.84. The fourth-order valence-corrected chi connectivity index (χ4v) is 2.13. The molecule has 0 fully saturated rings. The third kappa shape index (κ3) is 4.09. The number of nitrogens with zero attached hydrogens (tertiary/aromatic N) is 4. The van der Waals surface area contributed by atoms with Crippen molar-refractivity contribution < 1.29 is 4.79 Å². The van der Waals surface area contributed by atoms with Crippen LogP contribution in [0.3, 0.4) is 0 Å². The second-order valence-electron chi connectivity index (χ2n) is 5.46. The van der Waals surface area contributed by atoms with Crippen LogP contribution in [0.15, 0.2) is 23.9 Å². The molecular formula is C14H23N5O. The summed E-state index contributed by atoms with van der Waals surface area (Å²) in [7, 11) is 4.05. The Morgan fingerprint density at radius 1 is 1.50 bits per heavy atom. The van der Waals surface area contributed by atoms with Gasteiger partial charge in [-0.25, -0.2) is 4.79 Å². The lowest BCUT2D eigenvalue weighted by Gasteiger charge is -2.25. The highest BCUT2D eigenvalue weighted by molar-refractivity contribution is 5.88. The molecule has 1 N–H and O–H groups in total. The molecule has 0 aliphatic carbocycles. The van der Waals surface area contributed by atoms with Gasteiger partial charge in [0.25, 0.3) is 0 Å². The Bertz CT molecular complexity index is 492. The third-order valence-corrected chi connectivity index (χ3v) is 3.27. The van der Waals surface area contributed by atoms with Crippen LogP contribution in [0, 0.1) is 0 Å². The minimum Gasteiger partial charge on any atom is -0.320 e. The minimum absolute atomic E-state index is 0.0738. The van der Waals surface area contributed by atoms with Gasteiger partial charge < -0.3 is 9.80 Å². The molecule has 0 radical (unpaired) electrons. The van der Waals surface area contributed by atoms with E-state index in [0.717, 1.165) is 26.1 Å². The number of carbonyl (C=O) groups excluding carboxylic acids is 1. The fourth-order valence-electron chi connectivity index (χ4n) is 2.13. The van der Waals surface area contributed by atoms with Gasteiger partial charge in [0.1, 0.15) is 0 Å². The summed E-state index contributed by atoms with van der Waals surface area (Å²) in [6.07, 6.45) is 5.00. The van der Waals surface area contributed by atoms with Gasteiger partial charge in [-0.05, 0) is 27.4 Å². The van der Waals surface area contributed by atoms with Crippen molar-refractivity contribution in [2.24, 2.45) is 0 Å². The molecule has 1 aliphatic heterocycles. The zero-order valence-electron chi connectivity index (χ0n) is 12.5. The Balaban J connectivity index is 1.87. The molecule has 1 aromatic rings. The van der Waals surface area contributed by atoms with E-state index in [4.69, 9.17) is 0 Å². The zero-order chi connectivity index (χ0) is 14.5. The number of hydrogen-bond donors (Lipinski definition) is 1. The standard InChI is InChI=1S/C14H23N5O/c1-12-5-4-7-18(11-12)14(20)15-13-6-8-19(16-13)10-9-17(2)3/h5-6,8H,4,7,9-11H2,1-3H3,(H,15,16,20). The molecule has 2 amide bonds.